The smallest absolute Gasteiger partial charge is 0.235 e. The van der Waals surface area contributed by atoms with Crippen molar-refractivity contribution in [3.8, 4) is 0 Å². The van der Waals surface area contributed by atoms with Crippen LogP contribution in [0, 0.1) is 0 Å². The van der Waals surface area contributed by atoms with Crippen LogP contribution in [0.1, 0.15) is 6.92 Å². The molecule has 1 atom stereocenters. The molecule has 0 amide bonds. The second-order valence-corrected chi connectivity index (χ2v) is 4.57. The summed E-state index contributed by atoms with van der Waals surface area (Å²) < 4.78 is 25.2. The Morgan fingerprint density at radius 2 is 2.11 bits per heavy atom. The van der Waals surface area contributed by atoms with E-state index in [0.717, 1.165) is 0 Å². The van der Waals surface area contributed by atoms with E-state index in [1.165, 1.54) is 7.11 Å². The maximum absolute atomic E-state index is 10.3. The number of halogens is 1. The Bertz CT molecular complexity index is 163. The minimum absolute atomic E-state index is 0.134. The fourth-order valence-electron chi connectivity index (χ4n) is 0.348. The largest absolute Gasteiger partial charge is 0.381 e. The first-order valence-corrected chi connectivity index (χ1v) is 4.88. The lowest BCUT2D eigenvalue weighted by molar-refractivity contribution is 0.136. The van der Waals surface area contributed by atoms with Gasteiger partial charge < -0.3 is 4.74 Å². The van der Waals surface area contributed by atoms with Crippen LogP contribution in [0.3, 0.4) is 0 Å². The van der Waals surface area contributed by atoms with E-state index in [-0.39, 0.29) is 11.9 Å². The van der Waals surface area contributed by atoms with Gasteiger partial charge in [-0.1, -0.05) is 0 Å². The topological polar surface area (TPSA) is 43.4 Å². The van der Waals surface area contributed by atoms with E-state index in [2.05, 4.69) is 4.74 Å². The second kappa shape index (κ2) is 3.39. The third-order valence-corrected chi connectivity index (χ3v) is 2.08. The van der Waals surface area contributed by atoms with Crippen molar-refractivity contribution >= 4 is 19.7 Å². The van der Waals surface area contributed by atoms with Crippen LogP contribution < -0.4 is 0 Å². The van der Waals surface area contributed by atoms with E-state index in [0.29, 0.717) is 0 Å². The number of methoxy groups -OCH3 is 1. The molecule has 0 rings (SSSR count). The summed E-state index contributed by atoms with van der Waals surface area (Å²) in [5.74, 6) is -0.134. The Balaban J connectivity index is 3.75. The molecule has 0 aromatic heterocycles. The highest BCUT2D eigenvalue weighted by Crippen LogP contribution is 2.00. The summed E-state index contributed by atoms with van der Waals surface area (Å²) in [4.78, 5) is 0. The quantitative estimate of drug-likeness (QED) is 0.586. The molecule has 0 aliphatic carbocycles. The van der Waals surface area contributed by atoms with Crippen molar-refractivity contribution in [3.05, 3.63) is 0 Å². The van der Waals surface area contributed by atoms with Crippen molar-refractivity contribution < 1.29 is 13.2 Å². The summed E-state index contributed by atoms with van der Waals surface area (Å²) in [6.07, 6.45) is -0.326. The summed E-state index contributed by atoms with van der Waals surface area (Å²) in [6.45, 7) is 1.64. The molecule has 0 saturated heterocycles. The van der Waals surface area contributed by atoms with Crippen LogP contribution in [-0.2, 0) is 13.8 Å². The SMILES string of the molecule is CO[C@H](C)CS(=O)(=O)Cl. The Morgan fingerprint density at radius 1 is 1.67 bits per heavy atom. The van der Waals surface area contributed by atoms with Crippen molar-refractivity contribution in [2.24, 2.45) is 0 Å². The lowest BCUT2D eigenvalue weighted by Gasteiger charge is -2.04. The minimum atomic E-state index is -3.39. The van der Waals surface area contributed by atoms with Crippen LogP contribution in [0.2, 0.25) is 0 Å². The van der Waals surface area contributed by atoms with Gasteiger partial charge in [0.15, 0.2) is 0 Å². The summed E-state index contributed by atoms with van der Waals surface area (Å²) in [5, 5.41) is 0. The zero-order valence-corrected chi connectivity index (χ0v) is 6.87. The Hall–Kier alpha value is 0.200. The van der Waals surface area contributed by atoms with E-state index in [1.807, 2.05) is 0 Å². The summed E-state index contributed by atoms with van der Waals surface area (Å²) in [5.41, 5.74) is 0. The van der Waals surface area contributed by atoms with E-state index in [1.54, 1.807) is 6.92 Å². The molecule has 0 unspecified atom stereocenters. The first kappa shape index (κ1) is 9.20. The maximum Gasteiger partial charge on any atom is 0.235 e. The predicted molar refractivity (Wildman–Crippen MR) is 36.1 cm³/mol. The van der Waals surface area contributed by atoms with E-state index >= 15 is 0 Å². The van der Waals surface area contributed by atoms with Crippen LogP contribution in [0.4, 0.5) is 0 Å². The molecule has 0 radical (unpaired) electrons. The molecule has 0 spiro atoms. The van der Waals surface area contributed by atoms with Gasteiger partial charge in [-0.25, -0.2) is 8.42 Å². The second-order valence-electron chi connectivity index (χ2n) is 1.75. The zero-order chi connectivity index (χ0) is 7.49. The monoisotopic (exact) mass is 172 g/mol. The van der Waals surface area contributed by atoms with Crippen molar-refractivity contribution in [2.75, 3.05) is 12.9 Å². The van der Waals surface area contributed by atoms with Crippen LogP contribution in [-0.4, -0.2) is 27.4 Å². The number of ether oxygens (including phenoxy) is 1. The van der Waals surface area contributed by atoms with Crippen LogP contribution in [0.5, 0.6) is 0 Å². The van der Waals surface area contributed by atoms with Crippen LogP contribution in [0.15, 0.2) is 0 Å². The molecule has 0 N–H and O–H groups in total. The molecule has 56 valence electrons. The standard InChI is InChI=1S/C4H9ClO3S/c1-4(8-2)3-9(5,6)7/h4H,3H2,1-2H3/t4-/m1/s1. The van der Waals surface area contributed by atoms with Crippen molar-refractivity contribution in [1.82, 2.24) is 0 Å². The lowest BCUT2D eigenvalue weighted by atomic mass is 10.5. The molecule has 0 bridgehead atoms. The predicted octanol–water partition coefficient (Wildman–Crippen LogP) is 0.590. The van der Waals surface area contributed by atoms with Crippen molar-refractivity contribution in [1.29, 1.82) is 0 Å². The van der Waals surface area contributed by atoms with Crippen molar-refractivity contribution in [2.45, 2.75) is 13.0 Å². The zero-order valence-electron chi connectivity index (χ0n) is 5.30. The van der Waals surface area contributed by atoms with Gasteiger partial charge in [0.2, 0.25) is 9.05 Å². The summed E-state index contributed by atoms with van der Waals surface area (Å²) >= 11 is 0. The average Bonchev–Trinajstić information content (AvgIpc) is 1.62. The Kier molecular flexibility index (Phi) is 3.46. The van der Waals surface area contributed by atoms with Crippen molar-refractivity contribution in [3.63, 3.8) is 0 Å². The highest BCUT2D eigenvalue weighted by molar-refractivity contribution is 8.13. The first-order chi connectivity index (χ1) is 3.95. The van der Waals surface area contributed by atoms with Crippen LogP contribution >= 0.6 is 10.7 Å². The Labute approximate surface area is 59.4 Å². The third-order valence-electron chi connectivity index (χ3n) is 0.836. The van der Waals surface area contributed by atoms with Gasteiger partial charge in [0.1, 0.15) is 0 Å². The fourth-order valence-corrected chi connectivity index (χ4v) is 1.58. The van der Waals surface area contributed by atoms with Gasteiger partial charge in [-0.2, -0.15) is 0 Å². The van der Waals surface area contributed by atoms with E-state index in [9.17, 15) is 8.42 Å². The van der Waals surface area contributed by atoms with Gasteiger partial charge in [-0.3, -0.25) is 0 Å². The van der Waals surface area contributed by atoms with Gasteiger partial charge in [0, 0.05) is 17.8 Å². The Morgan fingerprint density at radius 3 is 2.22 bits per heavy atom. The van der Waals surface area contributed by atoms with Gasteiger partial charge in [0.05, 0.1) is 11.9 Å². The number of hydrogen-bond acceptors (Lipinski definition) is 3. The highest BCUT2D eigenvalue weighted by Gasteiger charge is 2.10. The number of rotatable bonds is 3. The molecule has 0 aromatic carbocycles. The molecule has 0 aromatic rings. The van der Waals surface area contributed by atoms with Crippen LogP contribution in [0.25, 0.3) is 0 Å². The molecular formula is C4H9ClO3S. The maximum atomic E-state index is 10.3. The van der Waals surface area contributed by atoms with Gasteiger partial charge in [0.25, 0.3) is 0 Å². The lowest BCUT2D eigenvalue weighted by Crippen LogP contribution is -2.15. The molecule has 5 heteroatoms. The molecular weight excluding hydrogens is 164 g/mol. The van der Waals surface area contributed by atoms with Gasteiger partial charge in [-0.15, -0.1) is 0 Å². The highest BCUT2D eigenvalue weighted by atomic mass is 35.7. The molecule has 0 saturated carbocycles. The summed E-state index contributed by atoms with van der Waals surface area (Å²) in [7, 11) is 2.95. The van der Waals surface area contributed by atoms with E-state index < -0.39 is 9.05 Å². The molecule has 0 fully saturated rings. The summed E-state index contributed by atoms with van der Waals surface area (Å²) in [6, 6.07) is 0. The first-order valence-electron chi connectivity index (χ1n) is 2.41. The molecule has 0 heterocycles. The van der Waals surface area contributed by atoms with E-state index in [4.69, 9.17) is 10.7 Å². The molecule has 9 heavy (non-hydrogen) atoms. The molecule has 0 aliphatic heterocycles. The average molecular weight is 173 g/mol. The number of hydrogen-bond donors (Lipinski definition) is 0. The molecule has 3 nitrogen and oxygen atoms in total. The van der Waals surface area contributed by atoms with Gasteiger partial charge >= 0.3 is 0 Å². The minimum Gasteiger partial charge on any atom is -0.381 e. The van der Waals surface area contributed by atoms with Gasteiger partial charge in [-0.05, 0) is 6.92 Å². The fraction of sp³-hybridized carbons (Fsp3) is 1.00. The third kappa shape index (κ3) is 6.08. The normalized spacial score (nSPS) is 15.4. The molecule has 0 aliphatic rings.